The molecule has 0 saturated carbocycles. The summed E-state index contributed by atoms with van der Waals surface area (Å²) in [6, 6.07) is 12.9. The summed E-state index contributed by atoms with van der Waals surface area (Å²) in [5, 5.41) is 14.8. The summed E-state index contributed by atoms with van der Waals surface area (Å²) < 4.78 is 19.1. The van der Waals surface area contributed by atoms with E-state index >= 15 is 0 Å². The molecule has 7 heteroatoms. The van der Waals surface area contributed by atoms with Crippen LogP contribution in [0, 0.1) is 11.0 Å². The number of hydroxylamine groups is 1. The minimum atomic E-state index is -0.634. The van der Waals surface area contributed by atoms with E-state index in [0.717, 1.165) is 5.56 Å². The van der Waals surface area contributed by atoms with E-state index in [2.05, 4.69) is 10.3 Å². The molecular formula is C22H24FN3O3. The summed E-state index contributed by atoms with van der Waals surface area (Å²) in [6.45, 7) is 5.42. The van der Waals surface area contributed by atoms with E-state index in [4.69, 9.17) is 4.74 Å². The molecule has 152 valence electrons. The lowest BCUT2D eigenvalue weighted by Crippen LogP contribution is -2.95. The van der Waals surface area contributed by atoms with Gasteiger partial charge >= 0.3 is 6.09 Å². The number of benzene rings is 2. The normalized spacial score (nSPS) is 17.0. The molecule has 0 aliphatic carbocycles. The van der Waals surface area contributed by atoms with Gasteiger partial charge in [0, 0.05) is 30.0 Å². The van der Waals surface area contributed by atoms with E-state index in [1.54, 1.807) is 27.0 Å². The lowest BCUT2D eigenvalue weighted by atomic mass is 10.00. The van der Waals surface area contributed by atoms with Crippen LogP contribution in [0.25, 0.3) is 5.57 Å². The Morgan fingerprint density at radius 3 is 2.69 bits per heavy atom. The molecular weight excluding hydrogens is 373 g/mol. The number of nitrogens with zero attached hydrogens (tertiary/aromatic N) is 1. The number of aliphatic imine (C=N–C) groups is 1. The summed E-state index contributed by atoms with van der Waals surface area (Å²) in [4.78, 5) is 16.7. The molecule has 0 aromatic heterocycles. The molecule has 2 aromatic rings. The standard InChI is InChI=1S/C22H24FN3O3/c1-22(2,3)29-21(27)25-13-19(24-12-15-7-5-4-6-8-15)18-14-26(28)20-10-9-16(23)11-17(18)20/h4-12,14,19,26H,13H2,1-3H3,(H,25,27)/b24-12-. The van der Waals surface area contributed by atoms with Crippen LogP contribution >= 0.6 is 0 Å². The molecule has 2 aromatic carbocycles. The third-order valence-electron chi connectivity index (χ3n) is 4.25. The maximum absolute atomic E-state index is 13.8. The summed E-state index contributed by atoms with van der Waals surface area (Å²) in [5.41, 5.74) is 1.73. The SMILES string of the molecule is CC(C)(C)OC(=O)NCC(/N=C\c1ccccc1)C1=C[NH+]([O-])c2ccc(F)cc21. The van der Waals surface area contributed by atoms with Crippen molar-refractivity contribution in [3.8, 4) is 0 Å². The van der Waals surface area contributed by atoms with Crippen molar-refractivity contribution in [2.24, 2.45) is 4.99 Å². The zero-order chi connectivity index (χ0) is 21.0. The highest BCUT2D eigenvalue weighted by atomic mass is 19.1. The molecule has 1 aliphatic heterocycles. The summed E-state index contributed by atoms with van der Waals surface area (Å²) in [7, 11) is 0. The van der Waals surface area contributed by atoms with Gasteiger partial charge < -0.3 is 20.3 Å². The number of quaternary nitrogens is 1. The molecule has 3 rings (SSSR count). The van der Waals surface area contributed by atoms with E-state index in [1.165, 1.54) is 24.4 Å². The molecule has 2 atom stereocenters. The second kappa shape index (κ2) is 8.55. The van der Waals surface area contributed by atoms with Gasteiger partial charge in [-0.05, 0) is 38.5 Å². The average molecular weight is 397 g/mol. The van der Waals surface area contributed by atoms with Crippen molar-refractivity contribution in [3.05, 3.63) is 76.9 Å². The zero-order valence-corrected chi connectivity index (χ0v) is 16.6. The topological polar surface area (TPSA) is 78.2 Å². The highest BCUT2D eigenvalue weighted by Gasteiger charge is 2.29. The third-order valence-corrected chi connectivity index (χ3v) is 4.25. The summed E-state index contributed by atoms with van der Waals surface area (Å²) in [5.74, 6) is -0.435. The van der Waals surface area contributed by atoms with Crippen LogP contribution in [0.2, 0.25) is 0 Å². The number of hydrogen-bond acceptors (Lipinski definition) is 4. The first-order valence-electron chi connectivity index (χ1n) is 9.34. The van der Waals surface area contributed by atoms with Crippen LogP contribution in [0.15, 0.2) is 59.7 Å². The first-order valence-corrected chi connectivity index (χ1v) is 9.34. The van der Waals surface area contributed by atoms with Gasteiger partial charge in [0.05, 0.1) is 6.04 Å². The molecule has 1 heterocycles. The zero-order valence-electron chi connectivity index (χ0n) is 16.6. The number of carbonyl (C=O) groups is 1. The van der Waals surface area contributed by atoms with Gasteiger partial charge in [0.25, 0.3) is 0 Å². The molecule has 0 spiro atoms. The maximum Gasteiger partial charge on any atom is 0.407 e. The number of rotatable bonds is 5. The van der Waals surface area contributed by atoms with Crippen molar-refractivity contribution in [1.29, 1.82) is 0 Å². The lowest BCUT2D eigenvalue weighted by Gasteiger charge is -2.21. The van der Waals surface area contributed by atoms with E-state index in [0.29, 0.717) is 16.8 Å². The molecule has 0 fully saturated rings. The Kier molecular flexibility index (Phi) is 6.10. The molecule has 2 N–H and O–H groups in total. The fourth-order valence-electron chi connectivity index (χ4n) is 2.99. The number of fused-ring (bicyclic) bond motifs is 1. The van der Waals surface area contributed by atoms with Crippen LogP contribution in [-0.4, -0.2) is 30.5 Å². The fraction of sp³-hybridized carbons (Fsp3) is 0.273. The second-order valence-corrected chi connectivity index (χ2v) is 7.74. The van der Waals surface area contributed by atoms with Gasteiger partial charge in [0.15, 0.2) is 0 Å². The number of halogens is 1. The monoisotopic (exact) mass is 397 g/mol. The highest BCUT2D eigenvalue weighted by Crippen LogP contribution is 2.30. The largest absolute Gasteiger partial charge is 0.624 e. The predicted molar refractivity (Wildman–Crippen MR) is 110 cm³/mol. The van der Waals surface area contributed by atoms with Gasteiger partial charge in [-0.25, -0.2) is 9.18 Å². The molecule has 2 unspecified atom stereocenters. The van der Waals surface area contributed by atoms with Gasteiger partial charge in [-0.2, -0.15) is 0 Å². The fourth-order valence-corrected chi connectivity index (χ4v) is 2.99. The Hall–Kier alpha value is -3.03. The van der Waals surface area contributed by atoms with E-state index in [9.17, 15) is 14.4 Å². The van der Waals surface area contributed by atoms with E-state index in [1.807, 2.05) is 30.3 Å². The van der Waals surface area contributed by atoms with Crippen molar-refractivity contribution in [3.63, 3.8) is 0 Å². The van der Waals surface area contributed by atoms with Gasteiger partial charge in [-0.1, -0.05) is 30.3 Å². The summed E-state index contributed by atoms with van der Waals surface area (Å²) in [6.07, 6.45) is 2.54. The van der Waals surface area contributed by atoms with Crippen LogP contribution in [0.3, 0.4) is 0 Å². The van der Waals surface area contributed by atoms with Gasteiger partial charge in [-0.3, -0.25) is 4.99 Å². The molecule has 0 radical (unpaired) electrons. The Morgan fingerprint density at radius 1 is 1.28 bits per heavy atom. The van der Waals surface area contributed by atoms with Crippen LogP contribution in [-0.2, 0) is 4.74 Å². The quantitative estimate of drug-likeness (QED) is 0.601. The Bertz CT molecular complexity index is 936. The van der Waals surface area contributed by atoms with Crippen molar-refractivity contribution < 1.29 is 19.0 Å². The number of alkyl carbamates (subject to hydrolysis) is 1. The Morgan fingerprint density at radius 2 is 2.00 bits per heavy atom. The minimum Gasteiger partial charge on any atom is -0.624 e. The first kappa shape index (κ1) is 20.7. The van der Waals surface area contributed by atoms with Gasteiger partial charge in [0.1, 0.15) is 23.3 Å². The summed E-state index contributed by atoms with van der Waals surface area (Å²) >= 11 is 0. The maximum atomic E-state index is 13.8. The van der Waals surface area contributed by atoms with Gasteiger partial charge in [-0.15, -0.1) is 0 Å². The van der Waals surface area contributed by atoms with Crippen LogP contribution in [0.5, 0.6) is 0 Å². The highest BCUT2D eigenvalue weighted by molar-refractivity contribution is 5.84. The van der Waals surface area contributed by atoms with Crippen LogP contribution in [0.4, 0.5) is 14.9 Å². The molecule has 6 nitrogen and oxygen atoms in total. The molecule has 0 bridgehead atoms. The smallest absolute Gasteiger partial charge is 0.407 e. The van der Waals surface area contributed by atoms with Crippen LogP contribution in [0.1, 0.15) is 31.9 Å². The number of hydrogen-bond donors (Lipinski definition) is 2. The first-order chi connectivity index (χ1) is 13.7. The number of amides is 1. The molecule has 0 saturated heterocycles. The number of ether oxygens (including phenoxy) is 1. The minimum absolute atomic E-state index is 0.104. The van der Waals surface area contributed by atoms with Crippen molar-refractivity contribution in [2.75, 3.05) is 6.54 Å². The van der Waals surface area contributed by atoms with Crippen molar-refractivity contribution in [2.45, 2.75) is 32.4 Å². The van der Waals surface area contributed by atoms with E-state index in [-0.39, 0.29) is 11.6 Å². The Balaban J connectivity index is 1.86. The number of nitrogens with one attached hydrogen (secondary N) is 2. The Labute approximate surface area is 169 Å². The molecule has 1 amide bonds. The van der Waals surface area contributed by atoms with Gasteiger partial charge in [0.2, 0.25) is 0 Å². The average Bonchev–Trinajstić information content (AvgIpc) is 2.97. The second-order valence-electron chi connectivity index (χ2n) is 7.74. The van der Waals surface area contributed by atoms with Crippen molar-refractivity contribution in [1.82, 2.24) is 5.32 Å². The van der Waals surface area contributed by atoms with E-state index < -0.39 is 23.6 Å². The number of carbonyl (C=O) groups excluding carboxylic acids is 1. The van der Waals surface area contributed by atoms with Crippen molar-refractivity contribution >= 4 is 23.6 Å². The predicted octanol–water partition coefficient (Wildman–Crippen LogP) is 3.21. The molecule has 1 aliphatic rings. The third kappa shape index (κ3) is 5.49. The van der Waals surface area contributed by atoms with Crippen LogP contribution < -0.4 is 10.4 Å². The molecule has 29 heavy (non-hydrogen) atoms. The lowest BCUT2D eigenvalue weighted by molar-refractivity contribution is -0.710.